The molecule has 0 aliphatic rings. The van der Waals surface area contributed by atoms with Gasteiger partial charge in [-0.1, -0.05) is 12.1 Å². The summed E-state index contributed by atoms with van der Waals surface area (Å²) in [6.07, 6.45) is 0.839. The minimum Gasteiger partial charge on any atom is -0.359 e. The van der Waals surface area contributed by atoms with Crippen molar-refractivity contribution in [2.45, 2.75) is 6.42 Å². The Balaban J connectivity index is 2.55. The third kappa shape index (κ3) is 4.08. The Labute approximate surface area is 108 Å². The lowest BCUT2D eigenvalue weighted by Crippen LogP contribution is -2.35. The van der Waals surface area contributed by atoms with Crippen molar-refractivity contribution >= 4 is 11.9 Å². The fraction of sp³-hybridized carbons (Fsp3) is 0.385. The van der Waals surface area contributed by atoms with Crippen molar-refractivity contribution < 1.29 is 4.79 Å². The maximum atomic E-state index is 11.5. The Hall–Kier alpha value is -2.04. The SMILES string of the molecule is CN=C(NC)NCCc1cccc(C(=O)NC)c1. The first kappa shape index (κ1) is 14.0. The highest BCUT2D eigenvalue weighted by atomic mass is 16.1. The van der Waals surface area contributed by atoms with Crippen molar-refractivity contribution in [3.63, 3.8) is 0 Å². The molecular weight excluding hydrogens is 228 g/mol. The lowest BCUT2D eigenvalue weighted by atomic mass is 10.1. The quantitative estimate of drug-likeness (QED) is 0.533. The lowest BCUT2D eigenvalue weighted by molar-refractivity contribution is 0.0963. The Morgan fingerprint density at radius 2 is 2.06 bits per heavy atom. The van der Waals surface area contributed by atoms with E-state index in [9.17, 15) is 4.79 Å². The number of hydrogen-bond acceptors (Lipinski definition) is 2. The van der Waals surface area contributed by atoms with Crippen molar-refractivity contribution in [2.75, 3.05) is 27.7 Å². The van der Waals surface area contributed by atoms with Gasteiger partial charge >= 0.3 is 0 Å². The number of aliphatic imine (C=N–C) groups is 1. The number of nitrogens with zero attached hydrogens (tertiary/aromatic N) is 1. The van der Waals surface area contributed by atoms with E-state index in [1.54, 1.807) is 14.1 Å². The molecule has 0 aliphatic carbocycles. The van der Waals surface area contributed by atoms with Crippen LogP contribution in [0.5, 0.6) is 0 Å². The summed E-state index contributed by atoms with van der Waals surface area (Å²) in [4.78, 5) is 15.5. The summed E-state index contributed by atoms with van der Waals surface area (Å²) in [5.74, 6) is 0.702. The monoisotopic (exact) mass is 248 g/mol. The van der Waals surface area contributed by atoms with E-state index in [1.807, 2.05) is 31.3 Å². The van der Waals surface area contributed by atoms with Crippen molar-refractivity contribution in [3.05, 3.63) is 35.4 Å². The molecule has 0 bridgehead atoms. The van der Waals surface area contributed by atoms with Crippen LogP contribution in [0.3, 0.4) is 0 Å². The number of carbonyl (C=O) groups excluding carboxylic acids is 1. The molecule has 1 aromatic carbocycles. The van der Waals surface area contributed by atoms with Crippen LogP contribution in [0, 0.1) is 0 Å². The Kier molecular flexibility index (Phi) is 5.70. The third-order valence-corrected chi connectivity index (χ3v) is 2.58. The van der Waals surface area contributed by atoms with Crippen LogP contribution >= 0.6 is 0 Å². The van der Waals surface area contributed by atoms with Crippen LogP contribution in [-0.2, 0) is 6.42 Å². The van der Waals surface area contributed by atoms with Crippen LogP contribution in [0.2, 0.25) is 0 Å². The predicted molar refractivity (Wildman–Crippen MR) is 74.0 cm³/mol. The smallest absolute Gasteiger partial charge is 0.251 e. The van der Waals surface area contributed by atoms with Gasteiger partial charge in [0, 0.05) is 33.3 Å². The molecule has 0 saturated heterocycles. The van der Waals surface area contributed by atoms with Gasteiger partial charge in [0.2, 0.25) is 0 Å². The first-order valence-corrected chi connectivity index (χ1v) is 5.90. The average Bonchev–Trinajstić information content (AvgIpc) is 2.43. The second-order valence-electron chi connectivity index (χ2n) is 3.78. The van der Waals surface area contributed by atoms with Gasteiger partial charge in [-0.15, -0.1) is 0 Å². The lowest BCUT2D eigenvalue weighted by Gasteiger charge is -2.09. The number of nitrogens with one attached hydrogen (secondary N) is 3. The molecule has 18 heavy (non-hydrogen) atoms. The standard InChI is InChI=1S/C13H20N4O/c1-14-12(18)11-6-4-5-10(9-11)7-8-17-13(15-2)16-3/h4-6,9H,7-8H2,1-3H3,(H,14,18)(H2,15,16,17). The van der Waals surface area contributed by atoms with Gasteiger partial charge in [0.15, 0.2) is 5.96 Å². The van der Waals surface area contributed by atoms with E-state index in [1.165, 1.54) is 0 Å². The zero-order valence-electron chi connectivity index (χ0n) is 11.1. The van der Waals surface area contributed by atoms with E-state index in [0.717, 1.165) is 24.5 Å². The van der Waals surface area contributed by atoms with Crippen molar-refractivity contribution in [2.24, 2.45) is 4.99 Å². The van der Waals surface area contributed by atoms with Crippen molar-refractivity contribution in [3.8, 4) is 0 Å². The minimum atomic E-state index is -0.0594. The zero-order valence-corrected chi connectivity index (χ0v) is 11.1. The first-order valence-electron chi connectivity index (χ1n) is 5.90. The average molecular weight is 248 g/mol. The molecule has 5 nitrogen and oxygen atoms in total. The van der Waals surface area contributed by atoms with E-state index in [4.69, 9.17) is 0 Å². The topological polar surface area (TPSA) is 65.5 Å². The van der Waals surface area contributed by atoms with E-state index in [2.05, 4.69) is 20.9 Å². The summed E-state index contributed by atoms with van der Waals surface area (Å²) in [7, 11) is 5.18. The molecule has 0 aromatic heterocycles. The fourth-order valence-corrected chi connectivity index (χ4v) is 1.62. The molecule has 0 fully saturated rings. The predicted octanol–water partition coefficient (Wildman–Crippen LogP) is 0.384. The molecule has 5 heteroatoms. The summed E-state index contributed by atoms with van der Waals surface area (Å²) in [5, 5.41) is 8.74. The van der Waals surface area contributed by atoms with Gasteiger partial charge in [-0.2, -0.15) is 0 Å². The molecule has 0 spiro atoms. The van der Waals surface area contributed by atoms with Crippen LogP contribution in [0.15, 0.2) is 29.3 Å². The molecular formula is C13H20N4O. The maximum Gasteiger partial charge on any atom is 0.251 e. The summed E-state index contributed by atoms with van der Waals surface area (Å²) >= 11 is 0. The fourth-order valence-electron chi connectivity index (χ4n) is 1.62. The normalized spacial score (nSPS) is 10.9. The molecule has 1 amide bonds. The second kappa shape index (κ2) is 7.32. The highest BCUT2D eigenvalue weighted by molar-refractivity contribution is 5.94. The number of rotatable bonds is 4. The summed E-state index contributed by atoms with van der Waals surface area (Å²) in [6, 6.07) is 7.62. The highest BCUT2D eigenvalue weighted by Crippen LogP contribution is 2.05. The van der Waals surface area contributed by atoms with Crippen molar-refractivity contribution in [1.29, 1.82) is 0 Å². The van der Waals surface area contributed by atoms with Gasteiger partial charge in [0.1, 0.15) is 0 Å². The molecule has 0 heterocycles. The van der Waals surface area contributed by atoms with Gasteiger partial charge in [-0.05, 0) is 24.1 Å². The summed E-state index contributed by atoms with van der Waals surface area (Å²) in [6.45, 7) is 0.769. The molecule has 0 aliphatic heterocycles. The second-order valence-corrected chi connectivity index (χ2v) is 3.78. The number of benzene rings is 1. The van der Waals surface area contributed by atoms with E-state index >= 15 is 0 Å². The molecule has 0 saturated carbocycles. The number of guanidine groups is 1. The van der Waals surface area contributed by atoms with Crippen LogP contribution in [-0.4, -0.2) is 39.6 Å². The van der Waals surface area contributed by atoms with Gasteiger partial charge in [-0.25, -0.2) is 0 Å². The third-order valence-electron chi connectivity index (χ3n) is 2.58. The maximum absolute atomic E-state index is 11.5. The Bertz CT molecular complexity index is 429. The van der Waals surface area contributed by atoms with Crippen molar-refractivity contribution in [1.82, 2.24) is 16.0 Å². The van der Waals surface area contributed by atoms with E-state index < -0.39 is 0 Å². The van der Waals surface area contributed by atoms with Crippen LogP contribution in [0.25, 0.3) is 0 Å². The van der Waals surface area contributed by atoms with Gasteiger partial charge in [0.25, 0.3) is 5.91 Å². The highest BCUT2D eigenvalue weighted by Gasteiger charge is 2.03. The van der Waals surface area contributed by atoms with Crippen LogP contribution in [0.1, 0.15) is 15.9 Å². The van der Waals surface area contributed by atoms with Crippen LogP contribution in [0.4, 0.5) is 0 Å². The first-order chi connectivity index (χ1) is 8.71. The molecule has 0 atom stereocenters. The zero-order chi connectivity index (χ0) is 13.4. The van der Waals surface area contributed by atoms with Gasteiger partial charge in [-0.3, -0.25) is 9.79 Å². The number of carbonyl (C=O) groups is 1. The largest absolute Gasteiger partial charge is 0.359 e. The Morgan fingerprint density at radius 1 is 1.28 bits per heavy atom. The molecule has 0 unspecified atom stereocenters. The van der Waals surface area contributed by atoms with E-state index in [0.29, 0.717) is 5.56 Å². The van der Waals surface area contributed by atoms with Gasteiger partial charge in [0.05, 0.1) is 0 Å². The van der Waals surface area contributed by atoms with Gasteiger partial charge < -0.3 is 16.0 Å². The molecule has 0 radical (unpaired) electrons. The molecule has 1 aromatic rings. The molecule has 3 N–H and O–H groups in total. The van der Waals surface area contributed by atoms with Crippen LogP contribution < -0.4 is 16.0 Å². The minimum absolute atomic E-state index is 0.0594. The number of hydrogen-bond donors (Lipinski definition) is 3. The molecule has 98 valence electrons. The molecule has 1 rings (SSSR count). The summed E-state index contributed by atoms with van der Waals surface area (Å²) < 4.78 is 0. The summed E-state index contributed by atoms with van der Waals surface area (Å²) in [5.41, 5.74) is 1.81. The Morgan fingerprint density at radius 3 is 2.67 bits per heavy atom. The number of amides is 1. The van der Waals surface area contributed by atoms with E-state index in [-0.39, 0.29) is 5.91 Å².